The average molecular weight is 271 g/mol. The molecule has 0 aliphatic carbocycles. The molecule has 3 nitrogen and oxygen atoms in total. The maximum Gasteiger partial charge on any atom is 0.236 e. The highest BCUT2D eigenvalue weighted by Crippen LogP contribution is 2.19. The van der Waals surface area contributed by atoms with E-state index in [2.05, 4.69) is 4.74 Å². The van der Waals surface area contributed by atoms with Gasteiger partial charge in [-0.25, -0.2) is 17.2 Å². The van der Waals surface area contributed by atoms with Gasteiger partial charge in [0.25, 0.3) is 0 Å². The van der Waals surface area contributed by atoms with Crippen LogP contribution in [0.3, 0.4) is 0 Å². The molecule has 0 saturated carbocycles. The fraction of sp³-hybridized carbons (Fsp3) is 0.333. The van der Waals surface area contributed by atoms with Crippen LogP contribution in [0.5, 0.6) is 0 Å². The first kappa shape index (κ1) is 13.3. The van der Waals surface area contributed by atoms with Crippen LogP contribution in [0.15, 0.2) is 12.1 Å². The zero-order chi connectivity index (χ0) is 12.3. The van der Waals surface area contributed by atoms with Gasteiger partial charge in [-0.1, -0.05) is 0 Å². The Morgan fingerprint density at radius 1 is 1.25 bits per heavy atom. The molecular weight excluding hydrogens is 262 g/mol. The lowest BCUT2D eigenvalue weighted by molar-refractivity contribution is 0.181. The van der Waals surface area contributed by atoms with Crippen LogP contribution in [0.4, 0.5) is 8.78 Å². The number of ether oxygens (including phenoxy) is 1. The molecule has 0 aliphatic heterocycles. The topological polar surface area (TPSA) is 43.4 Å². The molecular formula is C9H9ClF2O3S. The Balaban J connectivity index is 3.10. The summed E-state index contributed by atoms with van der Waals surface area (Å²) in [6, 6.07) is 1.71. The van der Waals surface area contributed by atoms with Gasteiger partial charge in [-0.15, -0.1) is 0 Å². The Hall–Kier alpha value is -0.720. The van der Waals surface area contributed by atoms with Gasteiger partial charge >= 0.3 is 0 Å². The molecule has 1 aromatic rings. The summed E-state index contributed by atoms with van der Waals surface area (Å²) in [6.45, 7) is -0.0866. The molecule has 0 saturated heterocycles. The minimum atomic E-state index is -3.91. The van der Waals surface area contributed by atoms with E-state index < -0.39 is 26.4 Å². The predicted molar refractivity (Wildman–Crippen MR) is 55.5 cm³/mol. The van der Waals surface area contributed by atoms with Gasteiger partial charge in [-0.3, -0.25) is 0 Å². The Morgan fingerprint density at radius 2 is 1.75 bits per heavy atom. The maximum absolute atomic E-state index is 13.3. The van der Waals surface area contributed by atoms with Crippen molar-refractivity contribution in [2.24, 2.45) is 0 Å². The van der Waals surface area contributed by atoms with Gasteiger partial charge in [0.15, 0.2) is 0 Å². The Bertz CT molecular complexity index is 488. The third-order valence-corrected chi connectivity index (χ3v) is 2.83. The summed E-state index contributed by atoms with van der Waals surface area (Å²) in [6.07, 6.45) is 0. The molecule has 7 heteroatoms. The van der Waals surface area contributed by atoms with Crippen molar-refractivity contribution in [2.75, 3.05) is 7.11 Å². The van der Waals surface area contributed by atoms with Gasteiger partial charge in [0.1, 0.15) is 11.6 Å². The largest absolute Gasteiger partial charge is 0.380 e. The van der Waals surface area contributed by atoms with E-state index in [1.54, 1.807) is 0 Å². The summed E-state index contributed by atoms with van der Waals surface area (Å²) in [5.41, 5.74) is -0.275. The van der Waals surface area contributed by atoms with Gasteiger partial charge in [0.2, 0.25) is 9.05 Å². The highest BCUT2D eigenvalue weighted by Gasteiger charge is 2.15. The summed E-state index contributed by atoms with van der Waals surface area (Å²) in [7, 11) is 2.39. The number of hydrogen-bond acceptors (Lipinski definition) is 3. The fourth-order valence-corrected chi connectivity index (χ4v) is 2.14. The lowest BCUT2D eigenvalue weighted by Crippen LogP contribution is -2.02. The van der Waals surface area contributed by atoms with Crippen molar-refractivity contribution < 1.29 is 21.9 Å². The van der Waals surface area contributed by atoms with Crippen LogP contribution in [0.25, 0.3) is 0 Å². The van der Waals surface area contributed by atoms with Crippen LogP contribution in [-0.4, -0.2) is 15.5 Å². The molecule has 0 unspecified atom stereocenters. The van der Waals surface area contributed by atoms with Gasteiger partial charge in [-0.2, -0.15) is 0 Å². The third-order valence-electron chi connectivity index (χ3n) is 1.84. The first-order chi connectivity index (χ1) is 7.33. The summed E-state index contributed by atoms with van der Waals surface area (Å²) in [5, 5.41) is 0. The zero-order valence-corrected chi connectivity index (χ0v) is 9.91. The molecule has 0 radical (unpaired) electrons. The van der Waals surface area contributed by atoms with Crippen molar-refractivity contribution in [3.05, 3.63) is 34.9 Å². The zero-order valence-electron chi connectivity index (χ0n) is 8.34. The van der Waals surface area contributed by atoms with Crippen molar-refractivity contribution in [1.82, 2.24) is 0 Å². The van der Waals surface area contributed by atoms with E-state index in [0.717, 1.165) is 12.1 Å². The van der Waals surface area contributed by atoms with Gasteiger partial charge in [-0.05, 0) is 12.1 Å². The molecule has 0 N–H and O–H groups in total. The molecule has 0 spiro atoms. The number of halogens is 3. The maximum atomic E-state index is 13.3. The van der Waals surface area contributed by atoms with E-state index in [4.69, 9.17) is 10.7 Å². The minimum Gasteiger partial charge on any atom is -0.380 e. The van der Waals surface area contributed by atoms with Crippen molar-refractivity contribution in [3.63, 3.8) is 0 Å². The second-order valence-electron chi connectivity index (χ2n) is 3.15. The lowest BCUT2D eigenvalue weighted by atomic mass is 10.1. The van der Waals surface area contributed by atoms with Crippen LogP contribution in [0.1, 0.15) is 11.1 Å². The van der Waals surface area contributed by atoms with Crippen LogP contribution in [0, 0.1) is 11.6 Å². The predicted octanol–water partition coefficient (Wildman–Crippen LogP) is 2.18. The molecule has 0 aromatic heterocycles. The minimum absolute atomic E-state index is 0.0238. The Kier molecular flexibility index (Phi) is 4.23. The molecule has 1 rings (SSSR count). The van der Waals surface area contributed by atoms with Crippen molar-refractivity contribution in [2.45, 2.75) is 12.4 Å². The molecule has 0 bridgehead atoms. The third kappa shape index (κ3) is 3.70. The standard InChI is InChI=1S/C9H9ClF2O3S/c1-15-4-6-2-9(12)7(3-8(6)11)5-16(10,13)14/h2-3H,4-5H2,1H3. The van der Waals surface area contributed by atoms with Crippen molar-refractivity contribution in [3.8, 4) is 0 Å². The van der Waals surface area contributed by atoms with Gasteiger partial charge < -0.3 is 4.74 Å². The first-order valence-electron chi connectivity index (χ1n) is 4.21. The van der Waals surface area contributed by atoms with Crippen molar-refractivity contribution in [1.29, 1.82) is 0 Å². The van der Waals surface area contributed by atoms with E-state index in [-0.39, 0.29) is 17.7 Å². The molecule has 0 atom stereocenters. The molecule has 0 amide bonds. The second kappa shape index (κ2) is 5.07. The van der Waals surface area contributed by atoms with Crippen LogP contribution in [-0.2, 0) is 26.1 Å². The molecule has 1 aromatic carbocycles. The molecule has 0 heterocycles. The quantitative estimate of drug-likeness (QED) is 0.788. The summed E-state index contributed by atoms with van der Waals surface area (Å²) in [5.74, 6) is -2.29. The van der Waals surface area contributed by atoms with E-state index in [0.29, 0.717) is 0 Å². The molecule has 0 fully saturated rings. The highest BCUT2D eigenvalue weighted by molar-refractivity contribution is 8.13. The monoisotopic (exact) mass is 270 g/mol. The highest BCUT2D eigenvalue weighted by atomic mass is 35.7. The summed E-state index contributed by atoms with van der Waals surface area (Å²) < 4.78 is 52.8. The average Bonchev–Trinajstić information content (AvgIpc) is 2.11. The van der Waals surface area contributed by atoms with E-state index in [1.165, 1.54) is 7.11 Å². The Morgan fingerprint density at radius 3 is 2.25 bits per heavy atom. The molecule has 0 aliphatic rings. The van der Waals surface area contributed by atoms with E-state index >= 15 is 0 Å². The van der Waals surface area contributed by atoms with E-state index in [9.17, 15) is 17.2 Å². The summed E-state index contributed by atoms with van der Waals surface area (Å²) >= 11 is 0. The number of benzene rings is 1. The van der Waals surface area contributed by atoms with Crippen LogP contribution < -0.4 is 0 Å². The summed E-state index contributed by atoms with van der Waals surface area (Å²) in [4.78, 5) is 0. The van der Waals surface area contributed by atoms with E-state index in [1.807, 2.05) is 0 Å². The van der Waals surface area contributed by atoms with Crippen molar-refractivity contribution >= 4 is 19.7 Å². The molecule has 90 valence electrons. The number of rotatable bonds is 4. The normalized spacial score (nSPS) is 11.8. The SMILES string of the molecule is COCc1cc(F)c(CS(=O)(=O)Cl)cc1F. The van der Waals surface area contributed by atoms with Gasteiger partial charge in [0.05, 0.1) is 12.4 Å². The van der Waals surface area contributed by atoms with Crippen LogP contribution >= 0.6 is 10.7 Å². The first-order valence-corrected chi connectivity index (χ1v) is 6.69. The number of hydrogen-bond donors (Lipinski definition) is 0. The second-order valence-corrected chi connectivity index (χ2v) is 5.93. The Labute approximate surface area is 96.4 Å². The lowest BCUT2D eigenvalue weighted by Gasteiger charge is -2.06. The molecule has 16 heavy (non-hydrogen) atoms. The fourth-order valence-electron chi connectivity index (χ4n) is 1.19. The smallest absolute Gasteiger partial charge is 0.236 e. The van der Waals surface area contributed by atoms with Gasteiger partial charge in [0, 0.05) is 28.9 Å². The van der Waals surface area contributed by atoms with Crippen LogP contribution in [0.2, 0.25) is 0 Å². The number of methoxy groups -OCH3 is 1.